The van der Waals surface area contributed by atoms with Gasteiger partial charge < -0.3 is 39.7 Å². The zero-order chi connectivity index (χ0) is 36.2. The first-order valence-corrected chi connectivity index (χ1v) is 20.3. The molecule has 2 aliphatic heterocycles. The van der Waals surface area contributed by atoms with Crippen LogP contribution in [0.3, 0.4) is 0 Å². The Hall–Kier alpha value is -0.810. The van der Waals surface area contributed by atoms with Crippen molar-refractivity contribution in [3.05, 3.63) is 0 Å². The summed E-state index contributed by atoms with van der Waals surface area (Å²) < 4.78 is 15.8. The minimum Gasteiger partial charge on any atom is -0.454 e. The molecule has 9 heteroatoms. The third-order valence-electron chi connectivity index (χ3n) is 17.7. The van der Waals surface area contributed by atoms with E-state index >= 15 is 0 Å². The molecule has 5 aliphatic carbocycles. The standard InChI is InChI=1S/C41H68O9/c1-22(9-10-25(42)30(44)26(43)21-48-36-32(46)33-31(45)34(50-36)35(47)49-33)23-13-18-38(4)24(23)14-19-40(6)28(38)11-12-29-39(5)17-8-16-37(2,3)27(39)15-20-41(29,40)7/h22-34,36,42-46H,8-21H2,1-7H3/t22?,23?,24?,25?,26?,27?,28?,29?,30?,31?,32?,33?,34?,36?,38-,39-,40+,41+/m0/s1. The van der Waals surface area contributed by atoms with Gasteiger partial charge in [0, 0.05) is 0 Å². The summed E-state index contributed by atoms with van der Waals surface area (Å²) in [6.45, 7) is 17.8. The Morgan fingerprint density at radius 3 is 2.12 bits per heavy atom. The van der Waals surface area contributed by atoms with E-state index in [4.69, 9.17) is 14.2 Å². The van der Waals surface area contributed by atoms with Crippen molar-refractivity contribution in [3.63, 3.8) is 0 Å². The summed E-state index contributed by atoms with van der Waals surface area (Å²) >= 11 is 0. The first-order valence-electron chi connectivity index (χ1n) is 20.3. The number of aliphatic hydroxyl groups is 5. The van der Waals surface area contributed by atoms with Crippen molar-refractivity contribution >= 4 is 5.97 Å². The Labute approximate surface area is 300 Å². The fourth-order valence-corrected chi connectivity index (χ4v) is 14.9. The van der Waals surface area contributed by atoms with E-state index in [0.29, 0.717) is 51.2 Å². The van der Waals surface area contributed by atoms with Crippen LogP contribution in [0, 0.1) is 62.6 Å². The third kappa shape index (κ3) is 5.51. The van der Waals surface area contributed by atoms with Gasteiger partial charge in [0.2, 0.25) is 0 Å². The van der Waals surface area contributed by atoms with Gasteiger partial charge >= 0.3 is 5.97 Å². The van der Waals surface area contributed by atoms with Crippen molar-refractivity contribution in [3.8, 4) is 0 Å². The van der Waals surface area contributed by atoms with Crippen LogP contribution in [-0.4, -0.2) is 87.1 Å². The van der Waals surface area contributed by atoms with Gasteiger partial charge in [-0.05, 0) is 140 Å². The van der Waals surface area contributed by atoms with Gasteiger partial charge in [0.1, 0.15) is 24.4 Å². The molecule has 0 amide bonds. The predicted octanol–water partition coefficient (Wildman–Crippen LogP) is 5.37. The van der Waals surface area contributed by atoms with Crippen molar-refractivity contribution in [2.45, 2.75) is 181 Å². The summed E-state index contributed by atoms with van der Waals surface area (Å²) in [5.41, 5.74) is 2.02. The molecule has 286 valence electrons. The molecule has 0 radical (unpaired) electrons. The molecule has 0 spiro atoms. The Morgan fingerprint density at radius 1 is 0.760 bits per heavy atom. The number of ether oxygens (including phenoxy) is 3. The summed E-state index contributed by atoms with van der Waals surface area (Å²) in [6.07, 6.45) is 5.55. The van der Waals surface area contributed by atoms with Gasteiger partial charge in [-0.2, -0.15) is 0 Å². The van der Waals surface area contributed by atoms with Crippen LogP contribution in [0.1, 0.15) is 132 Å². The van der Waals surface area contributed by atoms with Gasteiger partial charge in [-0.3, -0.25) is 0 Å². The molecule has 14 unspecified atom stereocenters. The number of hydrogen-bond acceptors (Lipinski definition) is 9. The molecule has 18 atom stereocenters. The normalized spacial score (nSPS) is 51.7. The summed E-state index contributed by atoms with van der Waals surface area (Å²) in [5.74, 6) is 3.33. The maximum absolute atomic E-state index is 11.8. The maximum atomic E-state index is 11.8. The van der Waals surface area contributed by atoms with E-state index in [1.165, 1.54) is 70.6 Å². The monoisotopic (exact) mass is 704 g/mol. The topological polar surface area (TPSA) is 146 Å². The van der Waals surface area contributed by atoms with E-state index < -0.39 is 61.6 Å². The molecule has 0 aromatic heterocycles. The Bertz CT molecular complexity index is 1270. The highest BCUT2D eigenvalue weighted by Gasteiger charge is 2.70. The van der Waals surface area contributed by atoms with Crippen molar-refractivity contribution in [2.75, 3.05) is 6.61 Å². The van der Waals surface area contributed by atoms with Crippen LogP contribution < -0.4 is 0 Å². The quantitative estimate of drug-likeness (QED) is 0.200. The van der Waals surface area contributed by atoms with Crippen LogP contribution in [-0.2, 0) is 19.0 Å². The van der Waals surface area contributed by atoms with Crippen molar-refractivity contribution in [2.24, 2.45) is 62.6 Å². The van der Waals surface area contributed by atoms with E-state index in [2.05, 4.69) is 48.5 Å². The number of fused-ring (bicyclic) bond motifs is 9. The molecule has 7 aliphatic rings. The molecule has 7 rings (SSSR count). The van der Waals surface area contributed by atoms with Gasteiger partial charge in [0.15, 0.2) is 18.5 Å². The number of aliphatic hydroxyl groups excluding tert-OH is 5. The van der Waals surface area contributed by atoms with Crippen LogP contribution in [0.15, 0.2) is 0 Å². The number of hydrogen-bond donors (Lipinski definition) is 5. The highest BCUT2D eigenvalue weighted by molar-refractivity contribution is 5.78. The Balaban J connectivity index is 0.947. The lowest BCUT2D eigenvalue weighted by molar-refractivity contribution is -0.270. The molecular weight excluding hydrogens is 636 g/mol. The number of carbonyl (C=O) groups excluding carboxylic acids is 1. The summed E-state index contributed by atoms with van der Waals surface area (Å²) in [6, 6.07) is 0. The molecule has 5 N–H and O–H groups in total. The van der Waals surface area contributed by atoms with Gasteiger partial charge in [-0.1, -0.05) is 54.9 Å². The van der Waals surface area contributed by atoms with Gasteiger partial charge in [0.05, 0.1) is 12.7 Å². The lowest BCUT2D eigenvalue weighted by Gasteiger charge is -2.73. The second-order valence-corrected chi connectivity index (χ2v) is 20.1. The number of rotatable bonds is 9. The van der Waals surface area contributed by atoms with E-state index in [1.807, 2.05) is 0 Å². The van der Waals surface area contributed by atoms with E-state index in [-0.39, 0.29) is 0 Å². The maximum Gasteiger partial charge on any atom is 0.338 e. The van der Waals surface area contributed by atoms with Gasteiger partial charge in [0.25, 0.3) is 0 Å². The van der Waals surface area contributed by atoms with E-state index in [1.54, 1.807) is 0 Å². The Kier molecular flexibility index (Phi) is 9.68. The SMILES string of the molecule is CC(CCC(O)C(O)C(O)COC1OC2C(=O)OC(C1O)C2O)C1CC[C@@]2(C)C1CC[C@]1(C)C2CCC2[C@@]3(C)CCCC(C)(C)C3CC[C@]21C. The lowest BCUT2D eigenvalue weighted by Crippen LogP contribution is -2.65. The molecule has 7 fully saturated rings. The molecule has 5 saturated carbocycles. The average Bonchev–Trinajstić information content (AvgIpc) is 3.50. The average molecular weight is 705 g/mol. The minimum absolute atomic E-state index is 0.339. The highest BCUT2D eigenvalue weighted by Crippen LogP contribution is 2.78. The fourth-order valence-electron chi connectivity index (χ4n) is 14.9. The van der Waals surface area contributed by atoms with Crippen LogP contribution >= 0.6 is 0 Å². The van der Waals surface area contributed by atoms with E-state index in [9.17, 15) is 30.3 Å². The number of esters is 1. The van der Waals surface area contributed by atoms with Crippen molar-refractivity contribution in [1.82, 2.24) is 0 Å². The molecule has 9 nitrogen and oxygen atoms in total. The van der Waals surface area contributed by atoms with Gasteiger partial charge in [-0.15, -0.1) is 0 Å². The van der Waals surface area contributed by atoms with Crippen LogP contribution in [0.5, 0.6) is 0 Å². The zero-order valence-electron chi connectivity index (χ0n) is 31.9. The number of carbonyl (C=O) groups is 1. The summed E-state index contributed by atoms with van der Waals surface area (Å²) in [7, 11) is 0. The molecule has 2 saturated heterocycles. The second-order valence-electron chi connectivity index (χ2n) is 20.1. The van der Waals surface area contributed by atoms with E-state index in [0.717, 1.165) is 24.2 Å². The lowest BCUT2D eigenvalue weighted by atomic mass is 9.32. The smallest absolute Gasteiger partial charge is 0.338 e. The fraction of sp³-hybridized carbons (Fsp3) is 0.976. The first-order chi connectivity index (χ1) is 23.4. The second kappa shape index (κ2) is 12.9. The molecular formula is C41H68O9. The Morgan fingerprint density at radius 2 is 1.42 bits per heavy atom. The van der Waals surface area contributed by atoms with Crippen molar-refractivity contribution in [1.29, 1.82) is 0 Å². The molecule has 0 aromatic carbocycles. The minimum atomic E-state index is -1.44. The molecule has 0 aromatic rings. The van der Waals surface area contributed by atoms with Gasteiger partial charge in [-0.25, -0.2) is 4.79 Å². The third-order valence-corrected chi connectivity index (χ3v) is 17.7. The van der Waals surface area contributed by atoms with Crippen LogP contribution in [0.4, 0.5) is 0 Å². The molecule has 2 bridgehead atoms. The zero-order valence-corrected chi connectivity index (χ0v) is 31.9. The highest BCUT2D eigenvalue weighted by atomic mass is 16.7. The van der Waals surface area contributed by atoms with Crippen LogP contribution in [0.2, 0.25) is 0 Å². The predicted molar refractivity (Wildman–Crippen MR) is 187 cm³/mol. The largest absolute Gasteiger partial charge is 0.454 e. The molecule has 2 heterocycles. The summed E-state index contributed by atoms with van der Waals surface area (Å²) in [4.78, 5) is 11.8. The van der Waals surface area contributed by atoms with Crippen LogP contribution in [0.25, 0.3) is 0 Å². The first kappa shape index (κ1) is 37.5. The summed E-state index contributed by atoms with van der Waals surface area (Å²) in [5, 5.41) is 52.8. The van der Waals surface area contributed by atoms with Crippen molar-refractivity contribution < 1.29 is 44.5 Å². The molecule has 50 heavy (non-hydrogen) atoms.